The van der Waals surface area contributed by atoms with Crippen molar-refractivity contribution in [2.24, 2.45) is 0 Å². The van der Waals surface area contributed by atoms with Crippen molar-refractivity contribution < 1.29 is 44.6 Å². The molecule has 0 saturated heterocycles. The number of halogens is 8. The van der Waals surface area contributed by atoms with Crippen LogP contribution < -0.4 is 4.74 Å². The van der Waals surface area contributed by atoms with E-state index >= 15 is 26.3 Å². The lowest BCUT2D eigenvalue weighted by atomic mass is 9.79. The first-order valence-electron chi connectivity index (χ1n) is 14.3. The first-order chi connectivity index (χ1) is 20.9. The largest absolute Gasteiger partial charge is 0.491 e. The zero-order chi connectivity index (χ0) is 31.8. The highest BCUT2D eigenvalue weighted by Gasteiger charge is 2.65. The van der Waals surface area contributed by atoms with E-state index in [2.05, 4.69) is 18.8 Å². The summed E-state index contributed by atoms with van der Waals surface area (Å²) in [5.41, 5.74) is -4.76. The van der Waals surface area contributed by atoms with Gasteiger partial charge in [-0.15, -0.1) is 0 Å². The summed E-state index contributed by atoms with van der Waals surface area (Å²) in [6, 6.07) is 6.22. The van der Waals surface area contributed by atoms with Crippen LogP contribution in [0.5, 0.6) is 5.75 Å². The molecule has 0 aromatic heterocycles. The minimum atomic E-state index is -5.17. The number of hydrogen-bond acceptors (Lipinski definition) is 2. The van der Waals surface area contributed by atoms with Gasteiger partial charge in [-0.05, 0) is 67.2 Å². The van der Waals surface area contributed by atoms with Crippen LogP contribution in [0.1, 0.15) is 79.9 Å². The molecule has 3 aromatic carbocycles. The summed E-state index contributed by atoms with van der Waals surface area (Å²) in [5.74, 6) is -12.6. The van der Waals surface area contributed by atoms with E-state index in [1.54, 1.807) is 0 Å². The van der Waals surface area contributed by atoms with Crippen molar-refractivity contribution >= 4 is 0 Å². The molecule has 0 bridgehead atoms. The van der Waals surface area contributed by atoms with Crippen LogP contribution in [0.2, 0.25) is 0 Å². The van der Waals surface area contributed by atoms with Gasteiger partial charge in [0.1, 0.15) is 5.82 Å². The first-order valence-corrected chi connectivity index (χ1v) is 14.3. The molecule has 10 heteroatoms. The van der Waals surface area contributed by atoms with E-state index in [1.807, 2.05) is 6.08 Å². The molecule has 1 aliphatic carbocycles. The maximum absolute atomic E-state index is 15.5. The molecule has 1 aliphatic heterocycles. The monoisotopic (exact) mass is 620 g/mol. The molecule has 2 aliphatic rings. The molecule has 1 heterocycles. The quantitative estimate of drug-likeness (QED) is 0.113. The molecule has 0 saturated carbocycles. The van der Waals surface area contributed by atoms with Gasteiger partial charge in [-0.3, -0.25) is 0 Å². The number of rotatable bonds is 7. The van der Waals surface area contributed by atoms with E-state index in [9.17, 15) is 8.78 Å². The number of ether oxygens (including phenoxy) is 2. The Morgan fingerprint density at radius 2 is 1.39 bits per heavy atom. The van der Waals surface area contributed by atoms with Gasteiger partial charge in [-0.1, -0.05) is 49.8 Å². The van der Waals surface area contributed by atoms with Crippen LogP contribution in [0, 0.1) is 35.1 Å². The van der Waals surface area contributed by atoms with Crippen LogP contribution in [0.15, 0.2) is 48.0 Å². The zero-order valence-corrected chi connectivity index (χ0v) is 23.9. The summed E-state index contributed by atoms with van der Waals surface area (Å²) in [7, 11) is 0. The Morgan fingerprint density at radius 1 is 0.773 bits per heavy atom. The van der Waals surface area contributed by atoms with Crippen LogP contribution in [-0.4, -0.2) is 13.2 Å². The number of alkyl halides is 4. The third kappa shape index (κ3) is 5.36. The van der Waals surface area contributed by atoms with E-state index < -0.39 is 80.3 Å². The smallest absolute Gasteiger partial charge is 0.343 e. The van der Waals surface area contributed by atoms with Crippen molar-refractivity contribution in [1.82, 2.24) is 0 Å². The van der Waals surface area contributed by atoms with E-state index in [0.29, 0.717) is 13.0 Å². The summed E-state index contributed by atoms with van der Waals surface area (Å²) in [5, 5.41) is 0. The number of fused-ring (bicyclic) bond motifs is 3. The number of benzene rings is 3. The van der Waals surface area contributed by atoms with Gasteiger partial charge in [0.15, 0.2) is 23.2 Å². The summed E-state index contributed by atoms with van der Waals surface area (Å²) < 4.78 is 132. The number of hydrogen-bond donors (Lipinski definition) is 0. The molecule has 1 atom stereocenters. The Labute approximate surface area is 249 Å². The van der Waals surface area contributed by atoms with E-state index in [1.165, 1.54) is 13.0 Å². The molecule has 5 rings (SSSR count). The van der Waals surface area contributed by atoms with Gasteiger partial charge in [-0.2, -0.15) is 17.6 Å². The van der Waals surface area contributed by atoms with Crippen molar-refractivity contribution in [3.63, 3.8) is 0 Å². The maximum atomic E-state index is 15.5. The molecule has 0 radical (unpaired) electrons. The standard InChI is InChI=1S/C34H28F8O2/c1-3-5-6-7-19-8-16-25(44-18-19)24-14-12-21(30(36)31(24)37)10-9-20-11-13-22-23-15-17-26(43-4-2)32(38)28(23)34(41,42)33(39,40)27(22)29(20)35/h8,11-15,17,25H,3-7,16,18H2,1-2H3. The minimum Gasteiger partial charge on any atom is -0.491 e. The van der Waals surface area contributed by atoms with Crippen molar-refractivity contribution in [3.05, 3.63) is 99.1 Å². The fourth-order valence-electron chi connectivity index (χ4n) is 5.52. The zero-order valence-electron chi connectivity index (χ0n) is 23.9. The van der Waals surface area contributed by atoms with Gasteiger partial charge >= 0.3 is 11.8 Å². The maximum Gasteiger partial charge on any atom is 0.343 e. The Hall–Kier alpha value is -3.84. The minimum absolute atomic E-state index is 0.0304. The Bertz CT molecular complexity index is 1680. The lowest BCUT2D eigenvalue weighted by Gasteiger charge is -2.35. The topological polar surface area (TPSA) is 18.5 Å². The molecular weight excluding hydrogens is 592 g/mol. The van der Waals surface area contributed by atoms with E-state index in [0.717, 1.165) is 61.6 Å². The van der Waals surface area contributed by atoms with Gasteiger partial charge in [0.2, 0.25) is 0 Å². The van der Waals surface area contributed by atoms with Crippen LogP contribution in [-0.2, 0) is 16.6 Å². The molecule has 3 aromatic rings. The molecule has 0 fully saturated rings. The summed E-state index contributed by atoms with van der Waals surface area (Å²) >= 11 is 0. The predicted octanol–water partition coefficient (Wildman–Crippen LogP) is 9.87. The van der Waals surface area contributed by atoms with Crippen LogP contribution in [0.25, 0.3) is 11.1 Å². The van der Waals surface area contributed by atoms with E-state index in [4.69, 9.17) is 9.47 Å². The van der Waals surface area contributed by atoms with Gasteiger partial charge < -0.3 is 9.47 Å². The highest BCUT2D eigenvalue weighted by Crippen LogP contribution is 2.60. The molecule has 1 unspecified atom stereocenters. The van der Waals surface area contributed by atoms with Crippen molar-refractivity contribution in [3.8, 4) is 28.7 Å². The lowest BCUT2D eigenvalue weighted by molar-refractivity contribution is -0.227. The van der Waals surface area contributed by atoms with E-state index in [-0.39, 0.29) is 12.2 Å². The summed E-state index contributed by atoms with van der Waals surface area (Å²) in [6.45, 7) is 3.74. The van der Waals surface area contributed by atoms with Gasteiger partial charge in [0.05, 0.1) is 41.6 Å². The average Bonchev–Trinajstić information content (AvgIpc) is 2.99. The highest BCUT2D eigenvalue weighted by atomic mass is 19.3. The average molecular weight is 621 g/mol. The molecule has 0 amide bonds. The molecule has 44 heavy (non-hydrogen) atoms. The second kappa shape index (κ2) is 12.3. The second-order valence-corrected chi connectivity index (χ2v) is 10.7. The van der Waals surface area contributed by atoms with Gasteiger partial charge in [0, 0.05) is 5.56 Å². The molecule has 232 valence electrons. The Balaban J connectivity index is 1.47. The third-order valence-electron chi connectivity index (χ3n) is 7.84. The van der Waals surface area contributed by atoms with Crippen LogP contribution >= 0.6 is 0 Å². The Kier molecular flexibility index (Phi) is 8.81. The van der Waals surface area contributed by atoms with Gasteiger partial charge in [0.25, 0.3) is 0 Å². The molecular formula is C34H28F8O2. The van der Waals surface area contributed by atoms with Crippen molar-refractivity contribution in [1.29, 1.82) is 0 Å². The number of unbranched alkanes of at least 4 members (excludes halogenated alkanes) is 2. The third-order valence-corrected chi connectivity index (χ3v) is 7.84. The highest BCUT2D eigenvalue weighted by molar-refractivity contribution is 5.78. The van der Waals surface area contributed by atoms with Gasteiger partial charge in [-0.25, -0.2) is 17.6 Å². The lowest BCUT2D eigenvalue weighted by Crippen LogP contribution is -2.41. The van der Waals surface area contributed by atoms with Crippen molar-refractivity contribution in [2.75, 3.05) is 13.2 Å². The molecule has 2 nitrogen and oxygen atoms in total. The molecule has 0 N–H and O–H groups in total. The predicted molar refractivity (Wildman–Crippen MR) is 149 cm³/mol. The van der Waals surface area contributed by atoms with Crippen molar-refractivity contribution in [2.45, 2.75) is 63.9 Å². The van der Waals surface area contributed by atoms with Crippen LogP contribution in [0.3, 0.4) is 0 Å². The second-order valence-electron chi connectivity index (χ2n) is 10.7. The SMILES string of the molecule is CCCCCC1=CCC(c2ccc(C#Cc3ccc4c(c3F)C(F)(F)C(F)(F)c3c-4ccc(OCC)c3F)c(F)c2F)OC1. The fourth-order valence-corrected chi connectivity index (χ4v) is 5.52. The fraction of sp³-hybridized carbons (Fsp3) is 0.353. The summed E-state index contributed by atoms with van der Waals surface area (Å²) in [4.78, 5) is 0. The van der Waals surface area contributed by atoms with Crippen LogP contribution in [0.4, 0.5) is 35.1 Å². The summed E-state index contributed by atoms with van der Waals surface area (Å²) in [6.07, 6.45) is 5.62. The normalized spacial score (nSPS) is 18.0. The first kappa shape index (κ1) is 31.6. The Morgan fingerprint density at radius 3 is 2.00 bits per heavy atom. The molecule has 0 spiro atoms.